The predicted octanol–water partition coefficient (Wildman–Crippen LogP) is 1.10. The van der Waals surface area contributed by atoms with Crippen molar-refractivity contribution in [3.05, 3.63) is 23.3 Å². The van der Waals surface area contributed by atoms with Crippen LogP contribution < -0.4 is 0 Å². The van der Waals surface area contributed by atoms with Gasteiger partial charge in [-0.05, 0) is 24.6 Å². The number of rotatable bonds is 1. The van der Waals surface area contributed by atoms with Crippen LogP contribution in [0, 0.1) is 6.92 Å². The first-order valence-corrected chi connectivity index (χ1v) is 3.28. The average molecular weight is 168 g/mol. The van der Waals surface area contributed by atoms with Gasteiger partial charge in [-0.2, -0.15) is 0 Å². The number of hydrogen-bond acceptors (Lipinski definition) is 3. The van der Waals surface area contributed by atoms with E-state index in [1.54, 1.807) is 0 Å². The molecule has 0 radical (unpaired) electrons. The monoisotopic (exact) mass is 168 g/mol. The molecule has 64 valence electrons. The third kappa shape index (κ3) is 1.32. The van der Waals surface area contributed by atoms with Gasteiger partial charge in [0, 0.05) is 0 Å². The van der Waals surface area contributed by atoms with Gasteiger partial charge in [-0.3, -0.25) is 0 Å². The predicted molar refractivity (Wildman–Crippen MR) is 41.5 cm³/mol. The van der Waals surface area contributed by atoms with E-state index in [-0.39, 0.29) is 11.3 Å². The quantitative estimate of drug-likeness (QED) is 0.549. The summed E-state index contributed by atoms with van der Waals surface area (Å²) in [6, 6.07) is 2.29. The molecule has 1 rings (SSSR count). The number of aromatic carboxylic acids is 1. The lowest BCUT2D eigenvalue weighted by molar-refractivity contribution is 0.0696. The van der Waals surface area contributed by atoms with Crippen molar-refractivity contribution in [2.45, 2.75) is 6.92 Å². The van der Waals surface area contributed by atoms with Gasteiger partial charge in [0.25, 0.3) is 0 Å². The largest absolute Gasteiger partial charge is 0.504 e. The fourth-order valence-electron chi connectivity index (χ4n) is 0.884. The Bertz CT molecular complexity index is 307. The van der Waals surface area contributed by atoms with Crippen LogP contribution in [0.1, 0.15) is 15.9 Å². The summed E-state index contributed by atoms with van der Waals surface area (Å²) in [5.74, 6) is -1.82. The van der Waals surface area contributed by atoms with E-state index in [4.69, 9.17) is 15.3 Å². The Morgan fingerprint density at radius 2 is 1.92 bits per heavy atom. The van der Waals surface area contributed by atoms with Crippen molar-refractivity contribution in [2.75, 3.05) is 0 Å². The molecule has 0 atom stereocenters. The number of carboxylic acid groups (broad SMARTS) is 1. The van der Waals surface area contributed by atoms with Gasteiger partial charge in [0.2, 0.25) is 0 Å². The third-order valence-corrected chi connectivity index (χ3v) is 1.53. The first kappa shape index (κ1) is 8.39. The zero-order chi connectivity index (χ0) is 9.30. The molecule has 0 aliphatic heterocycles. The second-order valence-electron chi connectivity index (χ2n) is 2.47. The van der Waals surface area contributed by atoms with E-state index in [0.29, 0.717) is 5.56 Å². The second kappa shape index (κ2) is 2.73. The van der Waals surface area contributed by atoms with E-state index >= 15 is 0 Å². The van der Waals surface area contributed by atoms with Crippen molar-refractivity contribution in [1.29, 1.82) is 0 Å². The van der Waals surface area contributed by atoms with E-state index in [2.05, 4.69) is 0 Å². The van der Waals surface area contributed by atoms with Crippen LogP contribution in [-0.2, 0) is 0 Å². The maximum Gasteiger partial charge on any atom is 0.335 e. The molecule has 4 heteroatoms. The number of hydrogen-bond donors (Lipinski definition) is 3. The molecule has 4 nitrogen and oxygen atoms in total. The van der Waals surface area contributed by atoms with Crippen LogP contribution in [0.5, 0.6) is 11.5 Å². The Kier molecular flexibility index (Phi) is 1.91. The zero-order valence-corrected chi connectivity index (χ0v) is 6.40. The minimum Gasteiger partial charge on any atom is -0.504 e. The van der Waals surface area contributed by atoms with Gasteiger partial charge in [-0.1, -0.05) is 0 Å². The Balaban J connectivity index is 3.31. The van der Waals surface area contributed by atoms with Crippen LogP contribution in [0.25, 0.3) is 0 Å². The third-order valence-electron chi connectivity index (χ3n) is 1.53. The normalized spacial score (nSPS) is 9.75. The molecule has 1 aromatic carbocycles. The lowest BCUT2D eigenvalue weighted by atomic mass is 10.1. The highest BCUT2D eigenvalue weighted by atomic mass is 16.4. The van der Waals surface area contributed by atoms with Crippen LogP contribution in [0.15, 0.2) is 12.1 Å². The topological polar surface area (TPSA) is 77.8 Å². The summed E-state index contributed by atoms with van der Waals surface area (Å²) >= 11 is 0. The maximum absolute atomic E-state index is 10.4. The molecule has 0 unspecified atom stereocenters. The highest BCUT2D eigenvalue weighted by Crippen LogP contribution is 2.29. The van der Waals surface area contributed by atoms with Gasteiger partial charge < -0.3 is 15.3 Å². The Labute approximate surface area is 68.7 Å². The Morgan fingerprint density at radius 3 is 2.33 bits per heavy atom. The highest BCUT2D eigenvalue weighted by Gasteiger charge is 2.09. The molecular formula is C8H8O4. The van der Waals surface area contributed by atoms with Gasteiger partial charge in [0.15, 0.2) is 11.5 Å². The van der Waals surface area contributed by atoms with Crippen molar-refractivity contribution >= 4 is 5.97 Å². The minimum atomic E-state index is -1.13. The van der Waals surface area contributed by atoms with E-state index < -0.39 is 11.7 Å². The Hall–Kier alpha value is -1.71. The number of carbonyl (C=O) groups is 1. The number of aryl methyl sites for hydroxylation is 1. The summed E-state index contributed by atoms with van der Waals surface area (Å²) in [6.45, 7) is 1.52. The lowest BCUT2D eigenvalue weighted by Crippen LogP contribution is -1.96. The SMILES string of the molecule is Cc1cc(C(=O)O)cc(O)c1O. The summed E-state index contributed by atoms with van der Waals surface area (Å²) in [6.07, 6.45) is 0. The maximum atomic E-state index is 10.4. The van der Waals surface area contributed by atoms with E-state index in [1.165, 1.54) is 13.0 Å². The van der Waals surface area contributed by atoms with Crippen LogP contribution in [0.2, 0.25) is 0 Å². The number of benzene rings is 1. The van der Waals surface area contributed by atoms with E-state index in [9.17, 15) is 4.79 Å². The van der Waals surface area contributed by atoms with Crippen molar-refractivity contribution in [2.24, 2.45) is 0 Å². The van der Waals surface area contributed by atoms with Crippen LogP contribution in [0.4, 0.5) is 0 Å². The minimum absolute atomic E-state index is 0.0391. The summed E-state index contributed by atoms with van der Waals surface area (Å²) < 4.78 is 0. The summed E-state index contributed by atoms with van der Waals surface area (Å²) in [5.41, 5.74) is 0.301. The first-order chi connectivity index (χ1) is 5.52. The summed E-state index contributed by atoms with van der Waals surface area (Å²) in [7, 11) is 0. The molecule has 0 bridgehead atoms. The smallest absolute Gasteiger partial charge is 0.335 e. The fourth-order valence-corrected chi connectivity index (χ4v) is 0.884. The zero-order valence-electron chi connectivity index (χ0n) is 6.40. The summed E-state index contributed by atoms with van der Waals surface area (Å²) in [4.78, 5) is 10.4. The molecule has 0 spiro atoms. The van der Waals surface area contributed by atoms with Crippen molar-refractivity contribution in [3.8, 4) is 11.5 Å². The molecule has 0 fully saturated rings. The Morgan fingerprint density at radius 1 is 1.33 bits per heavy atom. The molecule has 12 heavy (non-hydrogen) atoms. The number of aromatic hydroxyl groups is 2. The van der Waals surface area contributed by atoms with E-state index in [1.807, 2.05) is 0 Å². The molecule has 0 saturated heterocycles. The highest BCUT2D eigenvalue weighted by molar-refractivity contribution is 5.88. The number of phenolic OH excluding ortho intramolecular Hbond substituents is 2. The van der Waals surface area contributed by atoms with Crippen LogP contribution >= 0.6 is 0 Å². The molecule has 3 N–H and O–H groups in total. The molecule has 0 aromatic heterocycles. The molecule has 0 aliphatic carbocycles. The van der Waals surface area contributed by atoms with Gasteiger partial charge >= 0.3 is 5.97 Å². The second-order valence-corrected chi connectivity index (χ2v) is 2.47. The molecular weight excluding hydrogens is 160 g/mol. The van der Waals surface area contributed by atoms with Gasteiger partial charge in [0.1, 0.15) is 0 Å². The molecule has 1 aromatic rings. The van der Waals surface area contributed by atoms with Crippen LogP contribution in [-0.4, -0.2) is 21.3 Å². The lowest BCUT2D eigenvalue weighted by Gasteiger charge is -2.02. The molecule has 0 amide bonds. The number of carboxylic acids is 1. The van der Waals surface area contributed by atoms with Crippen molar-refractivity contribution in [3.63, 3.8) is 0 Å². The fraction of sp³-hybridized carbons (Fsp3) is 0.125. The number of phenols is 2. The molecule has 0 aliphatic rings. The van der Waals surface area contributed by atoms with Gasteiger partial charge in [-0.15, -0.1) is 0 Å². The molecule has 0 saturated carbocycles. The average Bonchev–Trinajstić information content (AvgIpc) is 1.99. The van der Waals surface area contributed by atoms with Crippen molar-refractivity contribution < 1.29 is 20.1 Å². The van der Waals surface area contributed by atoms with Gasteiger partial charge in [0.05, 0.1) is 5.56 Å². The first-order valence-electron chi connectivity index (χ1n) is 3.28. The van der Waals surface area contributed by atoms with Crippen LogP contribution in [0.3, 0.4) is 0 Å². The van der Waals surface area contributed by atoms with Crippen molar-refractivity contribution in [1.82, 2.24) is 0 Å². The molecule has 0 heterocycles. The summed E-state index contributed by atoms with van der Waals surface area (Å²) in [5, 5.41) is 26.6. The van der Waals surface area contributed by atoms with Gasteiger partial charge in [-0.25, -0.2) is 4.79 Å². The standard InChI is InChI=1S/C8H8O4/c1-4-2-5(8(11)12)3-6(9)7(4)10/h2-3,9-10H,1H3,(H,11,12). The van der Waals surface area contributed by atoms with E-state index in [0.717, 1.165) is 6.07 Å².